The molecule has 0 bridgehead atoms. The second kappa shape index (κ2) is 6.78. The maximum atomic E-state index is 12.8. The van der Waals surface area contributed by atoms with Crippen molar-refractivity contribution >= 4 is 11.8 Å². The zero-order valence-corrected chi connectivity index (χ0v) is 12.2. The third-order valence-electron chi connectivity index (χ3n) is 4.52. The number of carbonyl (C=O) groups is 2. The second-order valence-corrected chi connectivity index (χ2v) is 5.82. The van der Waals surface area contributed by atoms with E-state index in [9.17, 15) is 9.59 Å². The molecule has 1 heterocycles. The predicted molar refractivity (Wildman–Crippen MR) is 77.7 cm³/mol. The molecule has 1 saturated heterocycles. The number of carbonyl (C=O) groups excluding carboxylic acids is 2. The molecule has 4 heteroatoms. The van der Waals surface area contributed by atoms with Crippen LogP contribution >= 0.6 is 0 Å². The molecule has 110 valence electrons. The van der Waals surface area contributed by atoms with Gasteiger partial charge in [-0.25, -0.2) is 0 Å². The van der Waals surface area contributed by atoms with Gasteiger partial charge in [-0.3, -0.25) is 9.59 Å². The van der Waals surface area contributed by atoms with E-state index < -0.39 is 0 Å². The number of rotatable bonds is 3. The smallest absolute Gasteiger partial charge is 0.246 e. The number of nitrogens with one attached hydrogen (secondary N) is 1. The molecule has 0 aromatic carbocycles. The van der Waals surface area contributed by atoms with Crippen molar-refractivity contribution in [1.29, 1.82) is 0 Å². The topological polar surface area (TPSA) is 49.4 Å². The van der Waals surface area contributed by atoms with Crippen LogP contribution in [0.25, 0.3) is 0 Å². The minimum atomic E-state index is -0.368. The Labute approximate surface area is 121 Å². The summed E-state index contributed by atoms with van der Waals surface area (Å²) in [5, 5.41) is 2.93. The Bertz CT molecular complexity index is 407. The van der Waals surface area contributed by atoms with Gasteiger partial charge < -0.3 is 10.2 Å². The van der Waals surface area contributed by atoms with Crippen LogP contribution in [0.1, 0.15) is 51.9 Å². The van der Waals surface area contributed by atoms with Crippen molar-refractivity contribution in [2.75, 3.05) is 6.54 Å². The van der Waals surface area contributed by atoms with Gasteiger partial charge in [0.1, 0.15) is 6.04 Å². The van der Waals surface area contributed by atoms with Crippen molar-refractivity contribution in [3.8, 4) is 12.3 Å². The van der Waals surface area contributed by atoms with Gasteiger partial charge in [-0.05, 0) is 25.2 Å². The third kappa shape index (κ3) is 3.15. The summed E-state index contributed by atoms with van der Waals surface area (Å²) < 4.78 is 0. The van der Waals surface area contributed by atoms with E-state index in [-0.39, 0.29) is 29.8 Å². The summed E-state index contributed by atoms with van der Waals surface area (Å²) in [6, 6.07) is -0.561. The van der Waals surface area contributed by atoms with Gasteiger partial charge in [0.25, 0.3) is 0 Å². The van der Waals surface area contributed by atoms with Gasteiger partial charge in [-0.1, -0.05) is 32.1 Å². The van der Waals surface area contributed by atoms with E-state index in [0.717, 1.165) is 32.1 Å². The number of amides is 2. The first-order valence-corrected chi connectivity index (χ1v) is 7.73. The number of terminal acetylenes is 1. The number of hydrogen-bond donors (Lipinski definition) is 1. The lowest BCUT2D eigenvalue weighted by atomic mass is 9.83. The molecule has 2 atom stereocenters. The zero-order chi connectivity index (χ0) is 14.5. The summed E-state index contributed by atoms with van der Waals surface area (Å²) in [7, 11) is 0. The maximum absolute atomic E-state index is 12.8. The van der Waals surface area contributed by atoms with Crippen LogP contribution in [0.3, 0.4) is 0 Å². The van der Waals surface area contributed by atoms with E-state index in [1.54, 1.807) is 4.90 Å². The lowest BCUT2D eigenvalue weighted by Crippen LogP contribution is -2.51. The Morgan fingerprint density at radius 1 is 1.35 bits per heavy atom. The van der Waals surface area contributed by atoms with Gasteiger partial charge in [0, 0.05) is 13.0 Å². The van der Waals surface area contributed by atoms with Crippen molar-refractivity contribution < 1.29 is 9.59 Å². The maximum Gasteiger partial charge on any atom is 0.246 e. The van der Waals surface area contributed by atoms with Gasteiger partial charge >= 0.3 is 0 Å². The highest BCUT2D eigenvalue weighted by Crippen LogP contribution is 2.28. The van der Waals surface area contributed by atoms with Crippen molar-refractivity contribution in [1.82, 2.24) is 10.2 Å². The van der Waals surface area contributed by atoms with Crippen LogP contribution in [0.2, 0.25) is 0 Å². The summed E-state index contributed by atoms with van der Waals surface area (Å²) in [5.74, 6) is 2.95. The van der Waals surface area contributed by atoms with E-state index in [1.807, 2.05) is 6.92 Å². The van der Waals surface area contributed by atoms with Gasteiger partial charge in [-0.15, -0.1) is 6.42 Å². The molecule has 2 rings (SSSR count). The Kier molecular flexibility index (Phi) is 5.05. The largest absolute Gasteiger partial charge is 0.344 e. The van der Waals surface area contributed by atoms with Crippen molar-refractivity contribution in [3.05, 3.63) is 0 Å². The molecule has 4 nitrogen and oxygen atoms in total. The molecule has 1 aliphatic heterocycles. The van der Waals surface area contributed by atoms with Crippen LogP contribution in [0.5, 0.6) is 0 Å². The van der Waals surface area contributed by atoms with Crippen molar-refractivity contribution in [3.63, 3.8) is 0 Å². The molecule has 2 amide bonds. The first-order valence-electron chi connectivity index (χ1n) is 7.73. The minimum Gasteiger partial charge on any atom is -0.344 e. The minimum absolute atomic E-state index is 0.0209. The lowest BCUT2D eigenvalue weighted by Gasteiger charge is -2.33. The second-order valence-electron chi connectivity index (χ2n) is 5.82. The summed E-state index contributed by atoms with van der Waals surface area (Å²) in [5.41, 5.74) is 0. The van der Waals surface area contributed by atoms with E-state index in [1.165, 1.54) is 6.42 Å². The van der Waals surface area contributed by atoms with Crippen LogP contribution in [0.15, 0.2) is 0 Å². The van der Waals surface area contributed by atoms with E-state index in [0.29, 0.717) is 13.0 Å². The van der Waals surface area contributed by atoms with Gasteiger partial charge in [-0.2, -0.15) is 0 Å². The lowest BCUT2D eigenvalue weighted by molar-refractivity contribution is -0.136. The van der Waals surface area contributed by atoms with Crippen molar-refractivity contribution in [2.24, 2.45) is 5.92 Å². The van der Waals surface area contributed by atoms with Crippen molar-refractivity contribution in [2.45, 2.75) is 64.0 Å². The first-order chi connectivity index (χ1) is 9.67. The summed E-state index contributed by atoms with van der Waals surface area (Å²) in [6.07, 6.45) is 12.2. The molecule has 0 spiro atoms. The van der Waals surface area contributed by atoms with Crippen LogP contribution in [0, 0.1) is 18.3 Å². The van der Waals surface area contributed by atoms with Gasteiger partial charge in [0.05, 0.1) is 6.04 Å². The predicted octanol–water partition coefficient (Wildman–Crippen LogP) is 1.70. The highest BCUT2D eigenvalue weighted by atomic mass is 16.2. The summed E-state index contributed by atoms with van der Waals surface area (Å²) in [6.45, 7) is 2.42. The molecule has 2 fully saturated rings. The van der Waals surface area contributed by atoms with Crippen LogP contribution in [-0.2, 0) is 9.59 Å². The molecule has 20 heavy (non-hydrogen) atoms. The first kappa shape index (κ1) is 14.9. The summed E-state index contributed by atoms with van der Waals surface area (Å²) >= 11 is 0. The molecule has 0 aromatic heterocycles. The SMILES string of the molecule is C#CC(CC)N1CCC(=O)NC(C2CCCCC2)C1=O. The molecule has 0 radical (unpaired) electrons. The van der Waals surface area contributed by atoms with Gasteiger partial charge in [0.15, 0.2) is 0 Å². The Morgan fingerprint density at radius 2 is 2.05 bits per heavy atom. The van der Waals surface area contributed by atoms with Crippen LogP contribution in [-0.4, -0.2) is 35.3 Å². The molecule has 0 aromatic rings. The number of hydrogen-bond acceptors (Lipinski definition) is 2. The molecule has 1 saturated carbocycles. The zero-order valence-electron chi connectivity index (χ0n) is 12.2. The van der Waals surface area contributed by atoms with Gasteiger partial charge in [0.2, 0.25) is 11.8 Å². The molecule has 2 unspecified atom stereocenters. The van der Waals surface area contributed by atoms with Crippen LogP contribution < -0.4 is 5.32 Å². The molecule has 1 N–H and O–H groups in total. The average Bonchev–Trinajstić information content (AvgIpc) is 2.62. The molecule has 1 aliphatic carbocycles. The molecule has 2 aliphatic rings. The Hall–Kier alpha value is -1.50. The summed E-state index contributed by atoms with van der Waals surface area (Å²) in [4.78, 5) is 26.4. The normalized spacial score (nSPS) is 26.6. The van der Waals surface area contributed by atoms with E-state index in [4.69, 9.17) is 6.42 Å². The fourth-order valence-corrected chi connectivity index (χ4v) is 3.34. The fourth-order valence-electron chi connectivity index (χ4n) is 3.34. The Balaban J connectivity index is 2.18. The van der Waals surface area contributed by atoms with Crippen LogP contribution in [0.4, 0.5) is 0 Å². The van der Waals surface area contributed by atoms with E-state index >= 15 is 0 Å². The quantitative estimate of drug-likeness (QED) is 0.798. The fraction of sp³-hybridized carbons (Fsp3) is 0.750. The monoisotopic (exact) mass is 276 g/mol. The standard InChI is InChI=1S/C16H24N2O2/c1-3-13(4-2)18-11-10-14(19)17-15(16(18)20)12-8-6-5-7-9-12/h1,12-13,15H,4-11H2,2H3,(H,17,19). The van der Waals surface area contributed by atoms with E-state index in [2.05, 4.69) is 11.2 Å². The molecular formula is C16H24N2O2. The third-order valence-corrected chi connectivity index (χ3v) is 4.52. The highest BCUT2D eigenvalue weighted by Gasteiger charge is 2.37. The molecular weight excluding hydrogens is 252 g/mol. The average molecular weight is 276 g/mol. The Morgan fingerprint density at radius 3 is 2.65 bits per heavy atom. The highest BCUT2D eigenvalue weighted by molar-refractivity contribution is 5.90. The number of nitrogens with zero attached hydrogens (tertiary/aromatic N) is 1.